The van der Waals surface area contributed by atoms with Crippen molar-refractivity contribution < 1.29 is 4.74 Å². The Morgan fingerprint density at radius 2 is 2.00 bits per heavy atom. The Kier molecular flexibility index (Phi) is 11.0. The molecule has 0 fully saturated rings. The lowest BCUT2D eigenvalue weighted by molar-refractivity contribution is 0.362. The zero-order chi connectivity index (χ0) is 18.0. The molecular formula is C22H32ClNO. The van der Waals surface area contributed by atoms with Crippen molar-refractivity contribution in [3.63, 3.8) is 0 Å². The van der Waals surface area contributed by atoms with Gasteiger partial charge in [0.25, 0.3) is 0 Å². The predicted molar refractivity (Wildman–Crippen MR) is 111 cm³/mol. The van der Waals surface area contributed by atoms with Crippen LogP contribution in [-0.2, 0) is 6.54 Å². The number of halogens is 1. The van der Waals surface area contributed by atoms with Crippen LogP contribution in [0.3, 0.4) is 0 Å². The van der Waals surface area contributed by atoms with Gasteiger partial charge in [0.05, 0.1) is 5.76 Å². The number of likely N-dealkylation sites (N-methyl/N-ethyl adjacent to an activating group) is 1. The zero-order valence-electron chi connectivity index (χ0n) is 16.4. The van der Waals surface area contributed by atoms with Gasteiger partial charge in [-0.25, -0.2) is 0 Å². The number of hydrogen-bond acceptors (Lipinski definition) is 2. The van der Waals surface area contributed by atoms with E-state index in [2.05, 4.69) is 75.8 Å². The first kappa shape index (κ1) is 23.3. The fraction of sp³-hybridized carbons (Fsp3) is 0.455. The minimum atomic E-state index is 0. The predicted octanol–water partition coefficient (Wildman–Crippen LogP) is 5.84. The second kappa shape index (κ2) is 11.8. The van der Waals surface area contributed by atoms with Crippen molar-refractivity contribution in [3.8, 4) is 17.6 Å². The standard InChI is InChI=1S/C22H31NO.ClH/c1-7-12-19(2)24-21-14-11-13-20(17-21)18-23(6)16-10-8-9-15-22(3,4)5;/h8,10-14,17H,7,16,18H2,1-6H3;1H/b10-8+,19-12-;. The van der Waals surface area contributed by atoms with E-state index in [4.69, 9.17) is 4.74 Å². The van der Waals surface area contributed by atoms with E-state index in [9.17, 15) is 0 Å². The van der Waals surface area contributed by atoms with Crippen LogP contribution < -0.4 is 4.74 Å². The summed E-state index contributed by atoms with van der Waals surface area (Å²) in [7, 11) is 2.11. The van der Waals surface area contributed by atoms with E-state index in [1.54, 1.807) is 0 Å². The van der Waals surface area contributed by atoms with E-state index in [-0.39, 0.29) is 17.8 Å². The van der Waals surface area contributed by atoms with Crippen LogP contribution in [0.2, 0.25) is 0 Å². The third-order valence-electron chi connectivity index (χ3n) is 3.19. The fourth-order valence-corrected chi connectivity index (χ4v) is 2.15. The molecule has 25 heavy (non-hydrogen) atoms. The Hall–Kier alpha value is -1.69. The molecule has 1 aromatic rings. The Labute approximate surface area is 160 Å². The maximum atomic E-state index is 5.83. The summed E-state index contributed by atoms with van der Waals surface area (Å²) in [6, 6.07) is 8.28. The van der Waals surface area contributed by atoms with Crippen LogP contribution >= 0.6 is 12.4 Å². The molecule has 0 atom stereocenters. The van der Waals surface area contributed by atoms with Crippen LogP contribution in [0.1, 0.15) is 46.6 Å². The van der Waals surface area contributed by atoms with Crippen molar-refractivity contribution in [2.24, 2.45) is 5.41 Å². The highest BCUT2D eigenvalue weighted by molar-refractivity contribution is 5.85. The van der Waals surface area contributed by atoms with Crippen molar-refractivity contribution in [2.45, 2.75) is 47.6 Å². The first-order valence-electron chi connectivity index (χ1n) is 8.60. The third kappa shape index (κ3) is 11.5. The number of hydrogen-bond donors (Lipinski definition) is 0. The largest absolute Gasteiger partial charge is 0.462 e. The maximum absolute atomic E-state index is 5.83. The van der Waals surface area contributed by atoms with Gasteiger partial charge in [0, 0.05) is 18.5 Å². The fourth-order valence-electron chi connectivity index (χ4n) is 2.15. The van der Waals surface area contributed by atoms with Crippen LogP contribution in [0.4, 0.5) is 0 Å². The van der Waals surface area contributed by atoms with Crippen LogP contribution in [0.25, 0.3) is 0 Å². The van der Waals surface area contributed by atoms with Crippen molar-refractivity contribution in [2.75, 3.05) is 13.6 Å². The van der Waals surface area contributed by atoms with Crippen molar-refractivity contribution in [1.82, 2.24) is 4.90 Å². The highest BCUT2D eigenvalue weighted by Gasteiger charge is 2.03. The van der Waals surface area contributed by atoms with Gasteiger partial charge in [-0.05, 0) is 71.0 Å². The smallest absolute Gasteiger partial charge is 0.127 e. The SMILES string of the molecule is CC/C=C(/C)Oc1cccc(CN(C)C/C=C/C#CC(C)(C)C)c1.Cl. The lowest BCUT2D eigenvalue weighted by Crippen LogP contribution is -2.17. The summed E-state index contributed by atoms with van der Waals surface area (Å²) >= 11 is 0. The highest BCUT2D eigenvalue weighted by Crippen LogP contribution is 2.17. The lowest BCUT2D eigenvalue weighted by atomic mass is 9.98. The molecule has 2 nitrogen and oxygen atoms in total. The number of benzene rings is 1. The first-order chi connectivity index (χ1) is 11.3. The molecule has 3 heteroatoms. The van der Waals surface area contributed by atoms with Gasteiger partial charge in [-0.3, -0.25) is 4.90 Å². The van der Waals surface area contributed by atoms with Crippen molar-refractivity contribution in [1.29, 1.82) is 0 Å². The Bertz CT molecular complexity index is 629. The average molecular weight is 362 g/mol. The zero-order valence-corrected chi connectivity index (χ0v) is 17.2. The molecule has 0 aromatic heterocycles. The summed E-state index contributed by atoms with van der Waals surface area (Å²) < 4.78 is 5.83. The quantitative estimate of drug-likeness (QED) is 0.447. The van der Waals surface area contributed by atoms with Gasteiger partial charge in [0.15, 0.2) is 0 Å². The van der Waals surface area contributed by atoms with Gasteiger partial charge in [-0.2, -0.15) is 0 Å². The minimum absolute atomic E-state index is 0. The maximum Gasteiger partial charge on any atom is 0.127 e. The Morgan fingerprint density at radius 1 is 1.28 bits per heavy atom. The van der Waals surface area contributed by atoms with E-state index in [0.717, 1.165) is 31.0 Å². The Balaban J connectivity index is 0.00000576. The molecule has 0 heterocycles. The molecule has 0 aliphatic rings. The summed E-state index contributed by atoms with van der Waals surface area (Å²) in [6.45, 7) is 12.2. The molecule has 0 unspecified atom stereocenters. The molecule has 0 aliphatic heterocycles. The van der Waals surface area contributed by atoms with Crippen LogP contribution in [-0.4, -0.2) is 18.5 Å². The second-order valence-corrected chi connectivity index (χ2v) is 7.09. The van der Waals surface area contributed by atoms with E-state index >= 15 is 0 Å². The molecule has 0 radical (unpaired) electrons. The van der Waals surface area contributed by atoms with E-state index in [1.165, 1.54) is 5.56 Å². The van der Waals surface area contributed by atoms with Gasteiger partial charge in [0.2, 0.25) is 0 Å². The summed E-state index contributed by atoms with van der Waals surface area (Å²) in [4.78, 5) is 2.25. The van der Waals surface area contributed by atoms with Gasteiger partial charge >= 0.3 is 0 Å². The van der Waals surface area contributed by atoms with Crippen LogP contribution in [0.5, 0.6) is 5.75 Å². The average Bonchev–Trinajstić information content (AvgIpc) is 2.46. The number of rotatable bonds is 7. The van der Waals surface area contributed by atoms with E-state index < -0.39 is 0 Å². The molecule has 0 saturated heterocycles. The lowest BCUT2D eigenvalue weighted by Gasteiger charge is -2.15. The molecule has 0 spiro atoms. The first-order valence-corrected chi connectivity index (χ1v) is 8.60. The summed E-state index contributed by atoms with van der Waals surface area (Å²) in [5.74, 6) is 8.15. The summed E-state index contributed by atoms with van der Waals surface area (Å²) in [6.07, 6.45) is 7.12. The topological polar surface area (TPSA) is 12.5 Å². The molecule has 0 N–H and O–H groups in total. The van der Waals surface area contributed by atoms with E-state index in [0.29, 0.717) is 0 Å². The van der Waals surface area contributed by atoms with Gasteiger partial charge in [-0.1, -0.05) is 37.0 Å². The number of allylic oxidation sites excluding steroid dienone is 3. The molecule has 0 amide bonds. The molecule has 1 aromatic carbocycles. The third-order valence-corrected chi connectivity index (χ3v) is 3.19. The minimum Gasteiger partial charge on any atom is -0.462 e. The van der Waals surface area contributed by atoms with Gasteiger partial charge < -0.3 is 4.74 Å². The number of ether oxygens (including phenoxy) is 1. The second-order valence-electron chi connectivity index (χ2n) is 7.09. The molecular weight excluding hydrogens is 330 g/mol. The summed E-state index contributed by atoms with van der Waals surface area (Å²) in [5, 5.41) is 0. The molecule has 138 valence electrons. The van der Waals surface area contributed by atoms with Crippen LogP contribution in [0, 0.1) is 17.3 Å². The van der Waals surface area contributed by atoms with Crippen molar-refractivity contribution in [3.05, 3.63) is 53.8 Å². The van der Waals surface area contributed by atoms with Gasteiger partial charge in [-0.15, -0.1) is 12.4 Å². The summed E-state index contributed by atoms with van der Waals surface area (Å²) in [5.41, 5.74) is 1.30. The normalized spacial score (nSPS) is 11.9. The molecule has 0 aliphatic carbocycles. The Morgan fingerprint density at radius 3 is 2.64 bits per heavy atom. The highest BCUT2D eigenvalue weighted by atomic mass is 35.5. The molecule has 0 saturated carbocycles. The van der Waals surface area contributed by atoms with Crippen molar-refractivity contribution >= 4 is 12.4 Å². The number of nitrogens with zero attached hydrogens (tertiary/aromatic N) is 1. The molecule has 0 bridgehead atoms. The molecule has 1 rings (SSSR count). The van der Waals surface area contributed by atoms with Crippen LogP contribution in [0.15, 0.2) is 48.3 Å². The van der Waals surface area contributed by atoms with E-state index in [1.807, 2.05) is 25.1 Å². The monoisotopic (exact) mass is 361 g/mol. The van der Waals surface area contributed by atoms with Gasteiger partial charge in [0.1, 0.15) is 5.75 Å².